The van der Waals surface area contributed by atoms with Crippen LogP contribution in [0.25, 0.3) is 0 Å². The highest BCUT2D eigenvalue weighted by atomic mass is 16.4. The Hall–Kier alpha value is -3.03. The number of imide groups is 1. The molecule has 22 heavy (non-hydrogen) atoms. The number of aromatic nitrogens is 2. The summed E-state index contributed by atoms with van der Waals surface area (Å²) in [4.78, 5) is 35.9. The van der Waals surface area contributed by atoms with Crippen LogP contribution in [0, 0.1) is 0 Å². The Bertz CT molecular complexity index is 732. The second kappa shape index (κ2) is 5.40. The van der Waals surface area contributed by atoms with Crippen LogP contribution in [0.2, 0.25) is 0 Å². The molecular formula is C14H11N3O5. The zero-order valence-electron chi connectivity index (χ0n) is 11.4. The molecule has 8 nitrogen and oxygen atoms in total. The minimum absolute atomic E-state index is 0.0925. The molecule has 2 amide bonds. The number of fused-ring (bicyclic) bond motifs is 1. The van der Waals surface area contributed by atoms with E-state index in [1.54, 1.807) is 24.3 Å². The molecule has 0 radical (unpaired) electrons. The van der Waals surface area contributed by atoms with Crippen LogP contribution >= 0.6 is 0 Å². The third-order valence-electron chi connectivity index (χ3n) is 3.23. The van der Waals surface area contributed by atoms with Gasteiger partial charge in [0.2, 0.25) is 11.8 Å². The predicted octanol–water partition coefficient (Wildman–Crippen LogP) is 0.883. The van der Waals surface area contributed by atoms with E-state index < -0.39 is 17.8 Å². The molecule has 2 aromatic rings. The lowest BCUT2D eigenvalue weighted by molar-refractivity contribution is -0.137. The van der Waals surface area contributed by atoms with Gasteiger partial charge >= 0.3 is 5.97 Å². The lowest BCUT2D eigenvalue weighted by atomic mass is 10.1. The highest BCUT2D eigenvalue weighted by molar-refractivity contribution is 6.21. The number of carboxylic acid groups (broad SMARTS) is 1. The van der Waals surface area contributed by atoms with Crippen molar-refractivity contribution >= 4 is 17.8 Å². The monoisotopic (exact) mass is 301 g/mol. The number of hydrogen-bond acceptors (Lipinski definition) is 6. The number of rotatable bonds is 5. The molecule has 0 atom stereocenters. The molecule has 1 N–H and O–H groups in total. The molecule has 3 rings (SSSR count). The van der Waals surface area contributed by atoms with Crippen molar-refractivity contribution in [3.63, 3.8) is 0 Å². The average Bonchev–Trinajstić information content (AvgIpc) is 3.05. The van der Waals surface area contributed by atoms with Crippen molar-refractivity contribution in [2.24, 2.45) is 0 Å². The number of amides is 2. The maximum absolute atomic E-state index is 12.2. The van der Waals surface area contributed by atoms with Crippen LogP contribution in [0.3, 0.4) is 0 Å². The molecule has 8 heteroatoms. The summed E-state index contributed by atoms with van der Waals surface area (Å²) in [5, 5.41) is 16.0. The molecule has 0 spiro atoms. The number of carboxylic acids is 1. The zero-order chi connectivity index (χ0) is 15.7. The van der Waals surface area contributed by atoms with Crippen LogP contribution in [0.4, 0.5) is 0 Å². The molecule has 112 valence electrons. The van der Waals surface area contributed by atoms with Gasteiger partial charge in [-0.3, -0.25) is 19.3 Å². The fourth-order valence-corrected chi connectivity index (χ4v) is 2.19. The van der Waals surface area contributed by atoms with Crippen LogP contribution in [-0.2, 0) is 17.8 Å². The van der Waals surface area contributed by atoms with Gasteiger partial charge in [0.15, 0.2) is 0 Å². The number of nitrogens with zero attached hydrogens (tertiary/aromatic N) is 3. The number of carbonyl (C=O) groups excluding carboxylic acids is 2. The predicted molar refractivity (Wildman–Crippen MR) is 70.9 cm³/mol. The van der Waals surface area contributed by atoms with Crippen molar-refractivity contribution in [2.75, 3.05) is 0 Å². The maximum atomic E-state index is 12.2. The first-order valence-electron chi connectivity index (χ1n) is 6.54. The van der Waals surface area contributed by atoms with Crippen LogP contribution < -0.4 is 0 Å². The maximum Gasteiger partial charge on any atom is 0.303 e. The number of benzene rings is 1. The van der Waals surface area contributed by atoms with E-state index in [1.165, 1.54) is 0 Å². The summed E-state index contributed by atoms with van der Waals surface area (Å²) < 4.78 is 5.26. The minimum Gasteiger partial charge on any atom is -0.481 e. The fraction of sp³-hybridized carbons (Fsp3) is 0.214. The van der Waals surface area contributed by atoms with E-state index in [4.69, 9.17) is 9.52 Å². The first kappa shape index (κ1) is 13.9. The number of hydrogen-bond donors (Lipinski definition) is 1. The summed E-state index contributed by atoms with van der Waals surface area (Å²) in [6, 6.07) is 6.54. The summed E-state index contributed by atoms with van der Waals surface area (Å²) in [5.74, 6) is -1.54. The molecule has 0 unspecified atom stereocenters. The molecule has 1 aromatic carbocycles. The second-order valence-corrected chi connectivity index (χ2v) is 4.73. The lowest BCUT2D eigenvalue weighted by Gasteiger charge is -2.10. The molecule has 0 bridgehead atoms. The quantitative estimate of drug-likeness (QED) is 0.815. The first-order valence-corrected chi connectivity index (χ1v) is 6.54. The highest BCUT2D eigenvalue weighted by Crippen LogP contribution is 2.23. The molecule has 0 saturated heterocycles. The van der Waals surface area contributed by atoms with Gasteiger partial charge in [-0.1, -0.05) is 12.1 Å². The summed E-state index contributed by atoms with van der Waals surface area (Å²) in [5.41, 5.74) is 0.691. The molecular weight excluding hydrogens is 290 g/mol. The number of aryl methyl sites for hydroxylation is 1. The van der Waals surface area contributed by atoms with Gasteiger partial charge in [0.25, 0.3) is 11.8 Å². The van der Waals surface area contributed by atoms with Crippen LogP contribution in [-0.4, -0.2) is 38.0 Å². The van der Waals surface area contributed by atoms with Crippen molar-refractivity contribution in [3.05, 3.63) is 47.2 Å². The van der Waals surface area contributed by atoms with Gasteiger partial charge in [0, 0.05) is 6.42 Å². The number of carbonyl (C=O) groups is 3. The fourth-order valence-electron chi connectivity index (χ4n) is 2.19. The summed E-state index contributed by atoms with van der Waals surface area (Å²) in [7, 11) is 0. The third-order valence-corrected chi connectivity index (χ3v) is 3.23. The van der Waals surface area contributed by atoms with Gasteiger partial charge in [-0.05, 0) is 12.1 Å². The molecule has 0 fully saturated rings. The number of aliphatic carboxylic acids is 1. The smallest absolute Gasteiger partial charge is 0.303 e. The Kier molecular flexibility index (Phi) is 3.42. The van der Waals surface area contributed by atoms with Gasteiger partial charge in [-0.15, -0.1) is 10.2 Å². The van der Waals surface area contributed by atoms with E-state index in [-0.39, 0.29) is 31.2 Å². The van der Waals surface area contributed by atoms with Crippen molar-refractivity contribution in [2.45, 2.75) is 19.4 Å². The van der Waals surface area contributed by atoms with Gasteiger partial charge in [0.05, 0.1) is 17.5 Å². The summed E-state index contributed by atoms with van der Waals surface area (Å²) >= 11 is 0. The Morgan fingerprint density at radius 2 is 1.68 bits per heavy atom. The van der Waals surface area contributed by atoms with Crippen molar-refractivity contribution < 1.29 is 23.9 Å². The molecule has 2 heterocycles. The lowest BCUT2D eigenvalue weighted by Crippen LogP contribution is -2.29. The Labute approximate surface area is 124 Å². The van der Waals surface area contributed by atoms with E-state index >= 15 is 0 Å². The molecule has 0 saturated carbocycles. The van der Waals surface area contributed by atoms with Crippen LogP contribution in [0.1, 0.15) is 38.9 Å². The third kappa shape index (κ3) is 2.46. The molecule has 1 aromatic heterocycles. The van der Waals surface area contributed by atoms with Crippen LogP contribution in [0.5, 0.6) is 0 Å². The minimum atomic E-state index is -0.972. The van der Waals surface area contributed by atoms with Gasteiger partial charge in [-0.2, -0.15) is 0 Å². The van der Waals surface area contributed by atoms with Crippen molar-refractivity contribution in [3.8, 4) is 0 Å². The van der Waals surface area contributed by atoms with Gasteiger partial charge in [-0.25, -0.2) is 0 Å². The van der Waals surface area contributed by atoms with E-state index in [9.17, 15) is 14.4 Å². The zero-order valence-corrected chi connectivity index (χ0v) is 11.4. The molecule has 1 aliphatic heterocycles. The molecule has 1 aliphatic rings. The Morgan fingerprint density at radius 3 is 2.27 bits per heavy atom. The SMILES string of the molecule is O=C(O)CCc1nnc(CN2C(=O)c3ccccc3C2=O)o1. The summed E-state index contributed by atoms with van der Waals surface area (Å²) in [6.45, 7) is -0.133. The van der Waals surface area contributed by atoms with Crippen LogP contribution in [0.15, 0.2) is 28.7 Å². The largest absolute Gasteiger partial charge is 0.481 e. The Balaban J connectivity index is 1.73. The van der Waals surface area contributed by atoms with E-state index in [0.29, 0.717) is 11.1 Å². The van der Waals surface area contributed by atoms with E-state index in [0.717, 1.165) is 4.90 Å². The van der Waals surface area contributed by atoms with Crippen molar-refractivity contribution in [1.29, 1.82) is 0 Å². The van der Waals surface area contributed by atoms with Gasteiger partial charge in [0.1, 0.15) is 6.54 Å². The normalized spacial score (nSPS) is 13.5. The van der Waals surface area contributed by atoms with Gasteiger partial charge < -0.3 is 9.52 Å². The topological polar surface area (TPSA) is 114 Å². The first-order chi connectivity index (χ1) is 10.6. The van der Waals surface area contributed by atoms with Crippen molar-refractivity contribution in [1.82, 2.24) is 15.1 Å². The highest BCUT2D eigenvalue weighted by Gasteiger charge is 2.36. The second-order valence-electron chi connectivity index (χ2n) is 4.73. The summed E-state index contributed by atoms with van der Waals surface area (Å²) in [6.07, 6.45) is -0.0287. The average molecular weight is 301 g/mol. The molecule has 0 aliphatic carbocycles. The van der Waals surface area contributed by atoms with E-state index in [1.807, 2.05) is 0 Å². The standard InChI is InChI=1S/C14H11N3O5/c18-12(19)6-5-10-15-16-11(22-10)7-17-13(20)8-3-1-2-4-9(8)14(17)21/h1-4H,5-7H2,(H,18,19). The Morgan fingerprint density at radius 1 is 1.09 bits per heavy atom. The van der Waals surface area contributed by atoms with E-state index in [2.05, 4.69) is 10.2 Å².